The van der Waals surface area contributed by atoms with Gasteiger partial charge in [-0.05, 0) is 26.0 Å². The summed E-state index contributed by atoms with van der Waals surface area (Å²) < 4.78 is 0. The molecule has 0 saturated carbocycles. The van der Waals surface area contributed by atoms with Crippen LogP contribution in [0.25, 0.3) is 21.8 Å². The zero-order valence-electron chi connectivity index (χ0n) is 14.9. The second kappa shape index (κ2) is 7.42. The van der Waals surface area contributed by atoms with Crippen molar-refractivity contribution in [2.24, 2.45) is 0 Å². The lowest BCUT2D eigenvalue weighted by atomic mass is 10.1. The predicted octanol–water partition coefficient (Wildman–Crippen LogP) is 5.80. The van der Waals surface area contributed by atoms with Crippen LogP contribution >= 0.6 is 22.7 Å². The van der Waals surface area contributed by atoms with Crippen LogP contribution in [-0.2, 0) is 0 Å². The first-order valence-corrected chi connectivity index (χ1v) is 10.2. The minimum Gasteiger partial charge on any atom is -0.321 e. The molecular formula is C21H17N3OS2. The van der Waals surface area contributed by atoms with Crippen molar-refractivity contribution in [2.45, 2.75) is 13.8 Å². The van der Waals surface area contributed by atoms with Crippen LogP contribution in [0.1, 0.15) is 20.4 Å². The summed E-state index contributed by atoms with van der Waals surface area (Å²) in [5, 5.41) is 6.89. The minimum absolute atomic E-state index is 0.135. The molecule has 134 valence electrons. The minimum atomic E-state index is -0.135. The number of thiazole rings is 2. The Morgan fingerprint density at radius 2 is 1.67 bits per heavy atom. The lowest BCUT2D eigenvalue weighted by Crippen LogP contribution is -2.11. The molecule has 2 aromatic heterocycles. The molecule has 4 rings (SSSR count). The number of hydrogen-bond donors (Lipinski definition) is 1. The van der Waals surface area contributed by atoms with Gasteiger partial charge in [0.2, 0.25) is 0 Å². The monoisotopic (exact) mass is 391 g/mol. The summed E-state index contributed by atoms with van der Waals surface area (Å²) in [6.45, 7) is 3.86. The van der Waals surface area contributed by atoms with Gasteiger partial charge in [-0.2, -0.15) is 0 Å². The van der Waals surface area contributed by atoms with E-state index in [9.17, 15) is 4.79 Å². The largest absolute Gasteiger partial charge is 0.321 e. The maximum atomic E-state index is 12.7. The van der Waals surface area contributed by atoms with Crippen molar-refractivity contribution < 1.29 is 4.79 Å². The van der Waals surface area contributed by atoms with E-state index in [-0.39, 0.29) is 5.91 Å². The number of carbonyl (C=O) groups is 1. The number of amides is 1. The molecule has 0 aliphatic rings. The van der Waals surface area contributed by atoms with Gasteiger partial charge in [-0.3, -0.25) is 4.79 Å². The van der Waals surface area contributed by atoms with E-state index in [2.05, 4.69) is 15.3 Å². The number of carbonyl (C=O) groups excluding carboxylic acids is 1. The third kappa shape index (κ3) is 3.82. The maximum absolute atomic E-state index is 12.7. The molecule has 0 saturated heterocycles. The van der Waals surface area contributed by atoms with Crippen LogP contribution in [0.2, 0.25) is 0 Å². The van der Waals surface area contributed by atoms with Crippen LogP contribution < -0.4 is 5.32 Å². The number of nitrogens with one attached hydrogen (secondary N) is 1. The highest BCUT2D eigenvalue weighted by Gasteiger charge is 2.16. The fourth-order valence-electron chi connectivity index (χ4n) is 2.72. The Morgan fingerprint density at radius 1 is 0.926 bits per heavy atom. The molecule has 4 nitrogen and oxygen atoms in total. The summed E-state index contributed by atoms with van der Waals surface area (Å²) in [7, 11) is 0. The molecule has 0 radical (unpaired) electrons. The first kappa shape index (κ1) is 17.6. The highest BCUT2D eigenvalue weighted by molar-refractivity contribution is 7.17. The van der Waals surface area contributed by atoms with E-state index in [0.29, 0.717) is 4.88 Å². The Hall–Kier alpha value is -2.83. The summed E-state index contributed by atoms with van der Waals surface area (Å²) >= 11 is 3.04. The Balaban J connectivity index is 1.52. The quantitative estimate of drug-likeness (QED) is 0.478. The van der Waals surface area contributed by atoms with Crippen molar-refractivity contribution in [1.82, 2.24) is 9.97 Å². The first-order chi connectivity index (χ1) is 13.1. The smallest absolute Gasteiger partial charge is 0.267 e. The van der Waals surface area contributed by atoms with Crippen molar-refractivity contribution in [2.75, 3.05) is 5.32 Å². The molecule has 4 aromatic rings. The van der Waals surface area contributed by atoms with Crippen LogP contribution in [0.3, 0.4) is 0 Å². The van der Waals surface area contributed by atoms with Crippen molar-refractivity contribution >= 4 is 34.3 Å². The van der Waals surface area contributed by atoms with Crippen molar-refractivity contribution in [3.63, 3.8) is 0 Å². The molecule has 2 aromatic carbocycles. The molecule has 0 spiro atoms. The van der Waals surface area contributed by atoms with Crippen LogP contribution in [0.4, 0.5) is 5.69 Å². The van der Waals surface area contributed by atoms with Gasteiger partial charge in [0.15, 0.2) is 0 Å². The molecule has 0 bridgehead atoms. The third-order valence-electron chi connectivity index (χ3n) is 4.08. The van der Waals surface area contributed by atoms with Gasteiger partial charge in [0.25, 0.3) is 5.91 Å². The number of nitrogens with zero attached hydrogens (tertiary/aromatic N) is 2. The van der Waals surface area contributed by atoms with Gasteiger partial charge < -0.3 is 5.32 Å². The summed E-state index contributed by atoms with van der Waals surface area (Å²) in [5.41, 5.74) is 4.52. The van der Waals surface area contributed by atoms with Crippen LogP contribution in [0, 0.1) is 13.8 Å². The SMILES string of the molecule is Cc1nc(-c2ccc(NC(=O)c3sc(-c4ccccc4)nc3C)cc2)cs1. The molecule has 1 N–H and O–H groups in total. The lowest BCUT2D eigenvalue weighted by molar-refractivity contribution is 0.103. The molecular weight excluding hydrogens is 374 g/mol. The number of aryl methyl sites for hydroxylation is 2. The van der Waals surface area contributed by atoms with Gasteiger partial charge in [-0.25, -0.2) is 9.97 Å². The lowest BCUT2D eigenvalue weighted by Gasteiger charge is -2.05. The van der Waals surface area contributed by atoms with E-state index >= 15 is 0 Å². The molecule has 0 atom stereocenters. The molecule has 0 aliphatic carbocycles. The van der Waals surface area contributed by atoms with Gasteiger partial charge in [0.05, 0.1) is 16.4 Å². The number of benzene rings is 2. The second-order valence-electron chi connectivity index (χ2n) is 6.08. The zero-order chi connectivity index (χ0) is 18.8. The van der Waals surface area contributed by atoms with Crippen LogP contribution in [0.15, 0.2) is 60.0 Å². The highest BCUT2D eigenvalue weighted by atomic mass is 32.1. The van der Waals surface area contributed by atoms with Gasteiger partial charge >= 0.3 is 0 Å². The highest BCUT2D eigenvalue weighted by Crippen LogP contribution is 2.29. The van der Waals surface area contributed by atoms with Gasteiger partial charge in [0.1, 0.15) is 9.88 Å². The average Bonchev–Trinajstić information content (AvgIpc) is 3.29. The number of hydrogen-bond acceptors (Lipinski definition) is 5. The van der Waals surface area contributed by atoms with Gasteiger partial charge in [-0.15, -0.1) is 22.7 Å². The molecule has 0 fully saturated rings. The van der Waals surface area contributed by atoms with E-state index in [4.69, 9.17) is 0 Å². The third-order valence-corrected chi connectivity index (χ3v) is 6.06. The number of aromatic nitrogens is 2. The topological polar surface area (TPSA) is 54.9 Å². The van der Waals surface area contributed by atoms with Crippen LogP contribution in [0.5, 0.6) is 0 Å². The van der Waals surface area contributed by atoms with Crippen LogP contribution in [-0.4, -0.2) is 15.9 Å². The average molecular weight is 392 g/mol. The molecule has 1 amide bonds. The Labute approximate surface area is 165 Å². The number of anilines is 1. The Bertz CT molecular complexity index is 1080. The molecule has 2 heterocycles. The van der Waals surface area contributed by atoms with E-state index < -0.39 is 0 Å². The maximum Gasteiger partial charge on any atom is 0.267 e. The summed E-state index contributed by atoms with van der Waals surface area (Å²) in [5.74, 6) is -0.135. The van der Waals surface area contributed by atoms with Crippen molar-refractivity contribution in [1.29, 1.82) is 0 Å². The fraction of sp³-hybridized carbons (Fsp3) is 0.0952. The Kier molecular flexibility index (Phi) is 4.83. The van der Waals surface area contributed by atoms with E-state index in [1.54, 1.807) is 11.3 Å². The van der Waals surface area contributed by atoms with Crippen molar-refractivity contribution in [3.8, 4) is 21.8 Å². The summed E-state index contributed by atoms with van der Waals surface area (Å²) in [6, 6.07) is 17.6. The van der Waals surface area contributed by atoms with E-state index in [1.165, 1.54) is 11.3 Å². The molecule has 27 heavy (non-hydrogen) atoms. The second-order valence-corrected chi connectivity index (χ2v) is 8.14. The van der Waals surface area contributed by atoms with E-state index in [1.807, 2.05) is 73.8 Å². The molecule has 0 aliphatic heterocycles. The standard InChI is InChI=1S/C21H17N3OS2/c1-13-19(27-21(22-13)16-6-4-3-5-7-16)20(25)24-17-10-8-15(9-11-17)18-12-26-14(2)23-18/h3-12H,1-2H3,(H,24,25). The number of rotatable bonds is 4. The summed E-state index contributed by atoms with van der Waals surface area (Å²) in [4.78, 5) is 22.4. The Morgan fingerprint density at radius 3 is 2.33 bits per heavy atom. The zero-order valence-corrected chi connectivity index (χ0v) is 16.5. The van der Waals surface area contributed by atoms with E-state index in [0.717, 1.165) is 38.2 Å². The first-order valence-electron chi connectivity index (χ1n) is 8.47. The summed E-state index contributed by atoms with van der Waals surface area (Å²) in [6.07, 6.45) is 0. The van der Waals surface area contributed by atoms with Crippen molar-refractivity contribution in [3.05, 3.63) is 75.6 Å². The molecule has 6 heteroatoms. The predicted molar refractivity (Wildman–Crippen MR) is 113 cm³/mol. The normalized spacial score (nSPS) is 10.7. The molecule has 0 unspecified atom stereocenters. The van der Waals surface area contributed by atoms with Gasteiger partial charge in [-0.1, -0.05) is 42.5 Å². The van der Waals surface area contributed by atoms with Gasteiger partial charge in [0, 0.05) is 22.2 Å². The fourth-order valence-corrected chi connectivity index (χ4v) is 4.31.